The molecule has 3 fully saturated rings. The molecular formula is C26H29F2NO6S. The van der Waals surface area contributed by atoms with Gasteiger partial charge in [-0.05, 0) is 80.3 Å². The predicted octanol–water partition coefficient (Wildman–Crippen LogP) is 4.53. The molecule has 0 bridgehead atoms. The summed E-state index contributed by atoms with van der Waals surface area (Å²) >= 11 is 5.12. The van der Waals surface area contributed by atoms with E-state index in [0.717, 1.165) is 12.2 Å². The van der Waals surface area contributed by atoms with E-state index in [0.29, 0.717) is 12.2 Å². The number of hydrogen-bond donors (Lipinski definition) is 2. The lowest BCUT2D eigenvalue weighted by molar-refractivity contribution is -0.199. The second-order valence-corrected chi connectivity index (χ2v) is 11.7. The first-order valence-electron chi connectivity index (χ1n) is 12.1. The molecule has 0 amide bonds. The van der Waals surface area contributed by atoms with Gasteiger partial charge in [-0.3, -0.25) is 4.79 Å². The zero-order valence-corrected chi connectivity index (χ0v) is 21.3. The smallest absolute Gasteiger partial charge is 0.366 e. The first-order valence-corrected chi connectivity index (χ1v) is 12.5. The molecule has 0 saturated heterocycles. The van der Waals surface area contributed by atoms with Gasteiger partial charge in [-0.2, -0.15) is 0 Å². The van der Waals surface area contributed by atoms with E-state index in [4.69, 9.17) is 21.5 Å². The van der Waals surface area contributed by atoms with E-state index in [9.17, 15) is 19.8 Å². The van der Waals surface area contributed by atoms with Gasteiger partial charge in [-0.25, -0.2) is 13.6 Å². The lowest BCUT2D eigenvalue weighted by atomic mass is 9.45. The summed E-state index contributed by atoms with van der Waals surface area (Å²) in [7, 11) is 0. The van der Waals surface area contributed by atoms with E-state index < -0.39 is 58.1 Å². The Kier molecular flexibility index (Phi) is 5.61. The zero-order chi connectivity index (χ0) is 26.4. The van der Waals surface area contributed by atoms with Crippen LogP contribution in [0.2, 0.25) is 0 Å². The summed E-state index contributed by atoms with van der Waals surface area (Å²) in [6.07, 6.45) is -0.718. The van der Waals surface area contributed by atoms with Crippen molar-refractivity contribution in [2.45, 2.75) is 64.9 Å². The Hall–Kier alpha value is -2.46. The average Bonchev–Trinajstić information content (AvgIpc) is 3.32. The number of carbonyl (C=O) groups is 2. The lowest BCUT2D eigenvalue weighted by Crippen LogP contribution is -2.68. The van der Waals surface area contributed by atoms with Crippen molar-refractivity contribution in [2.24, 2.45) is 34.5 Å². The van der Waals surface area contributed by atoms with Gasteiger partial charge in [-0.15, -0.1) is 0 Å². The van der Waals surface area contributed by atoms with Crippen LogP contribution < -0.4 is 0 Å². The van der Waals surface area contributed by atoms with E-state index >= 15 is 8.78 Å². The van der Waals surface area contributed by atoms with Gasteiger partial charge in [0.05, 0.1) is 11.5 Å². The van der Waals surface area contributed by atoms with Crippen LogP contribution in [0.1, 0.15) is 56.3 Å². The highest BCUT2D eigenvalue weighted by Gasteiger charge is 2.73. The quantitative estimate of drug-likeness (QED) is 0.441. The van der Waals surface area contributed by atoms with E-state index in [1.807, 2.05) is 13.8 Å². The number of nitrogens with zero attached hydrogens (tertiary/aromatic N) is 1. The number of hydrogen-bond acceptors (Lipinski definition) is 7. The Balaban J connectivity index is 1.57. The van der Waals surface area contributed by atoms with Crippen LogP contribution in [0.4, 0.5) is 8.78 Å². The number of halogens is 2. The fourth-order valence-corrected chi connectivity index (χ4v) is 8.36. The molecule has 0 aromatic carbocycles. The van der Waals surface area contributed by atoms with E-state index in [2.05, 4.69) is 5.16 Å². The molecule has 3 saturated carbocycles. The molecule has 4 aliphatic carbocycles. The number of aromatic nitrogens is 1. The molecule has 7 nitrogen and oxygen atoms in total. The summed E-state index contributed by atoms with van der Waals surface area (Å²) in [4.78, 5) is 25.3. The summed E-state index contributed by atoms with van der Waals surface area (Å²) in [6, 6.07) is 1.33. The van der Waals surface area contributed by atoms with Crippen molar-refractivity contribution < 1.29 is 37.8 Å². The highest BCUT2D eigenvalue weighted by atomic mass is 32.1. The third kappa shape index (κ3) is 3.22. The number of esters is 1. The van der Waals surface area contributed by atoms with Crippen LogP contribution in [-0.2, 0) is 9.53 Å². The molecule has 1 aromatic heterocycles. The second-order valence-electron chi connectivity index (χ2n) is 11.3. The average molecular weight is 522 g/mol. The minimum Gasteiger partial charge on any atom is -0.502 e. The van der Waals surface area contributed by atoms with Gasteiger partial charge >= 0.3 is 5.97 Å². The maximum absolute atomic E-state index is 17.5. The molecule has 2 N–H and O–H groups in total. The Morgan fingerprint density at radius 3 is 2.61 bits per heavy atom. The van der Waals surface area contributed by atoms with Gasteiger partial charge in [0.25, 0.3) is 0 Å². The second kappa shape index (κ2) is 8.02. The Labute approximate surface area is 212 Å². The molecule has 0 spiro atoms. The van der Waals surface area contributed by atoms with Crippen molar-refractivity contribution in [2.75, 3.05) is 0 Å². The molecule has 5 rings (SSSR count). The lowest BCUT2D eigenvalue weighted by Gasteiger charge is -2.62. The largest absolute Gasteiger partial charge is 0.502 e. The molecule has 0 aliphatic heterocycles. The van der Waals surface area contributed by atoms with Crippen LogP contribution in [0.15, 0.2) is 34.1 Å². The number of carbonyl (C=O) groups excluding carboxylic acids is 2. The van der Waals surface area contributed by atoms with Gasteiger partial charge in [0.15, 0.2) is 22.2 Å². The van der Waals surface area contributed by atoms with Crippen molar-refractivity contribution in [3.8, 4) is 0 Å². The molecule has 9 atom stereocenters. The third-order valence-corrected chi connectivity index (χ3v) is 9.60. The fraction of sp³-hybridized carbons (Fsp3) is 0.615. The topological polar surface area (TPSA) is 110 Å². The number of aliphatic hydroxyl groups excluding tert-OH is 2. The minimum absolute atomic E-state index is 0.00925. The molecule has 0 radical (unpaired) electrons. The molecule has 0 unspecified atom stereocenters. The third-order valence-electron chi connectivity index (χ3n) is 9.34. The monoisotopic (exact) mass is 521 g/mol. The highest BCUT2D eigenvalue weighted by Crippen LogP contribution is 2.70. The molecule has 10 heteroatoms. The number of ketones is 1. The Morgan fingerprint density at radius 2 is 2.00 bits per heavy atom. The number of aryl methyl sites for hydroxylation is 1. The highest BCUT2D eigenvalue weighted by molar-refractivity contribution is 7.80. The Bertz CT molecular complexity index is 1230. The number of aliphatic hydroxyl groups is 2. The van der Waals surface area contributed by atoms with Gasteiger partial charge in [0.1, 0.15) is 11.9 Å². The fourth-order valence-electron chi connectivity index (χ4n) is 7.86. The van der Waals surface area contributed by atoms with Crippen molar-refractivity contribution in [3.05, 3.63) is 41.0 Å². The standard InChI is InChI=1S/C26H29F2NO6S/c1-11-5-13-14-7-16(27)15-8-18(30)19(34-22(32)17-6-12(2)35-29-17)9-25(15,4)26(14,28)20(31)10-24(13,3)21(11)23(33)36/h6,8-9,11,13-14,16,20-21,31H,5,7,10H2,1-4H3,(H,33,36)/t11-,13+,14-,16+,20+,21+,24+,25+,26+/m1/s1. The Morgan fingerprint density at radius 1 is 1.31 bits per heavy atom. The molecule has 36 heavy (non-hydrogen) atoms. The number of allylic oxidation sites excluding steroid dienone is 3. The zero-order valence-electron chi connectivity index (χ0n) is 20.5. The van der Waals surface area contributed by atoms with Crippen molar-refractivity contribution in [1.29, 1.82) is 0 Å². The van der Waals surface area contributed by atoms with Crippen LogP contribution in [0.25, 0.3) is 0 Å². The van der Waals surface area contributed by atoms with E-state index in [-0.39, 0.29) is 41.0 Å². The number of thiocarbonyl (C=S) groups is 1. The molecule has 4 aliphatic rings. The molecule has 1 aromatic rings. The van der Waals surface area contributed by atoms with Crippen molar-refractivity contribution in [3.63, 3.8) is 0 Å². The first-order chi connectivity index (χ1) is 16.7. The van der Waals surface area contributed by atoms with Gasteiger partial charge in [0.2, 0.25) is 5.78 Å². The number of ether oxygens (including phenoxy) is 1. The van der Waals surface area contributed by atoms with Gasteiger partial charge < -0.3 is 19.5 Å². The number of fused-ring (bicyclic) bond motifs is 5. The van der Waals surface area contributed by atoms with E-state index in [1.165, 1.54) is 13.0 Å². The van der Waals surface area contributed by atoms with Crippen LogP contribution in [0.5, 0.6) is 0 Å². The SMILES string of the molecule is Cc1cc(C(=O)OC2=C[C@@]3(C)C(=CC2=O)[C@@H](F)C[C@@H]2[C@@H]4C[C@@H](C)[C@@H](C(O)=S)[C@@]4(C)C[C@H](O)[C@@]23F)no1. The summed E-state index contributed by atoms with van der Waals surface area (Å²) in [6.45, 7) is 6.83. The minimum atomic E-state index is -2.35. The van der Waals surface area contributed by atoms with Crippen molar-refractivity contribution in [1.82, 2.24) is 5.16 Å². The van der Waals surface area contributed by atoms with Crippen molar-refractivity contribution >= 4 is 29.0 Å². The maximum atomic E-state index is 17.5. The van der Waals surface area contributed by atoms with Gasteiger partial charge in [-0.1, -0.05) is 19.0 Å². The first kappa shape index (κ1) is 25.2. The van der Waals surface area contributed by atoms with Crippen LogP contribution in [0, 0.1) is 41.4 Å². The number of rotatable bonds is 3. The summed E-state index contributed by atoms with van der Waals surface area (Å²) in [5.41, 5.74) is -5.05. The molecular weight excluding hydrogens is 492 g/mol. The summed E-state index contributed by atoms with van der Waals surface area (Å²) in [5.74, 6) is -3.59. The van der Waals surface area contributed by atoms with Crippen LogP contribution in [0.3, 0.4) is 0 Å². The molecule has 1 heterocycles. The normalized spacial score (nSPS) is 43.6. The molecule has 194 valence electrons. The summed E-state index contributed by atoms with van der Waals surface area (Å²) in [5, 5.41) is 25.0. The van der Waals surface area contributed by atoms with Crippen LogP contribution in [-0.4, -0.2) is 50.1 Å². The van der Waals surface area contributed by atoms with E-state index in [1.54, 1.807) is 6.92 Å². The number of alkyl halides is 2. The summed E-state index contributed by atoms with van der Waals surface area (Å²) < 4.78 is 43.3. The van der Waals surface area contributed by atoms with Crippen LogP contribution >= 0.6 is 12.2 Å². The maximum Gasteiger partial charge on any atom is 0.366 e. The predicted molar refractivity (Wildman–Crippen MR) is 127 cm³/mol. The van der Waals surface area contributed by atoms with Gasteiger partial charge in [0, 0.05) is 17.9 Å².